The Kier molecular flexibility index (Phi) is 8.29. The molecule has 1 atom stereocenters. The number of amides is 3. The molecule has 1 unspecified atom stereocenters. The molecule has 0 aliphatic heterocycles. The number of carbonyl (C=O) groups is 3. The van der Waals surface area contributed by atoms with Crippen molar-refractivity contribution in [3.63, 3.8) is 0 Å². The number of urea groups is 1. The third kappa shape index (κ3) is 8.34. The van der Waals surface area contributed by atoms with E-state index >= 15 is 0 Å². The highest BCUT2D eigenvalue weighted by Gasteiger charge is 2.19. The zero-order valence-electron chi connectivity index (χ0n) is 10.3. The number of hydrogen-bond donors (Lipinski definition) is 4. The summed E-state index contributed by atoms with van der Waals surface area (Å²) in [6.07, 6.45) is 0.802. The van der Waals surface area contributed by atoms with E-state index in [1.165, 1.54) is 7.11 Å². The van der Waals surface area contributed by atoms with E-state index in [1.807, 2.05) is 0 Å². The second kappa shape index (κ2) is 9.23. The largest absolute Gasteiger partial charge is 0.480 e. The maximum Gasteiger partial charge on any atom is 0.326 e. The third-order valence-electron chi connectivity index (χ3n) is 2.10. The second-order valence-electron chi connectivity index (χ2n) is 3.64. The fourth-order valence-corrected chi connectivity index (χ4v) is 1.20. The first-order valence-electron chi connectivity index (χ1n) is 5.51. The first-order valence-corrected chi connectivity index (χ1v) is 5.51. The van der Waals surface area contributed by atoms with Crippen LogP contribution >= 0.6 is 0 Å². The molecule has 0 aromatic carbocycles. The monoisotopic (exact) mass is 261 g/mol. The van der Waals surface area contributed by atoms with Crippen LogP contribution in [0.3, 0.4) is 0 Å². The number of carboxylic acid groups (broad SMARTS) is 1. The maximum atomic E-state index is 11.3. The van der Waals surface area contributed by atoms with E-state index in [2.05, 4.69) is 10.6 Å². The van der Waals surface area contributed by atoms with Crippen LogP contribution in [0.5, 0.6) is 0 Å². The molecule has 5 N–H and O–H groups in total. The Morgan fingerprint density at radius 2 is 2.06 bits per heavy atom. The van der Waals surface area contributed by atoms with E-state index in [0.29, 0.717) is 13.0 Å². The van der Waals surface area contributed by atoms with Crippen molar-refractivity contribution < 1.29 is 24.2 Å². The summed E-state index contributed by atoms with van der Waals surface area (Å²) in [5.41, 5.74) is 4.89. The van der Waals surface area contributed by atoms with E-state index < -0.39 is 23.9 Å². The summed E-state index contributed by atoms with van der Waals surface area (Å²) in [6, 6.07) is -1.62. The van der Waals surface area contributed by atoms with Crippen LogP contribution in [0.1, 0.15) is 19.3 Å². The molecule has 0 fully saturated rings. The van der Waals surface area contributed by atoms with E-state index in [9.17, 15) is 14.4 Å². The summed E-state index contributed by atoms with van der Waals surface area (Å²) in [7, 11) is 1.51. The Morgan fingerprint density at radius 1 is 1.39 bits per heavy atom. The number of ether oxygens (including phenoxy) is 1. The minimum atomic E-state index is -1.11. The van der Waals surface area contributed by atoms with E-state index in [-0.39, 0.29) is 19.4 Å². The van der Waals surface area contributed by atoms with Crippen LogP contribution in [0, 0.1) is 0 Å². The van der Waals surface area contributed by atoms with Crippen LogP contribution in [0.2, 0.25) is 0 Å². The summed E-state index contributed by atoms with van der Waals surface area (Å²) in [5, 5.41) is 13.5. The highest BCUT2D eigenvalue weighted by Crippen LogP contribution is 1.98. The van der Waals surface area contributed by atoms with Gasteiger partial charge >= 0.3 is 12.0 Å². The standard InChI is InChI=1S/C10H19N3O5/c1-18-6-2-3-7(9(15)16)13-10(17)12-5-4-8(11)14/h7H,2-6H2,1H3,(H2,11,14)(H,15,16)(H2,12,13,17). The van der Waals surface area contributed by atoms with Gasteiger partial charge in [0.15, 0.2) is 0 Å². The minimum Gasteiger partial charge on any atom is -0.480 e. The SMILES string of the molecule is COCCCC(NC(=O)NCCC(N)=O)C(=O)O. The summed E-state index contributed by atoms with van der Waals surface area (Å²) < 4.78 is 4.80. The number of carboxylic acids is 1. The highest BCUT2D eigenvalue weighted by molar-refractivity contribution is 5.82. The Balaban J connectivity index is 3.96. The molecule has 0 bridgehead atoms. The number of hydrogen-bond acceptors (Lipinski definition) is 4. The predicted octanol–water partition coefficient (Wildman–Crippen LogP) is -0.959. The number of carbonyl (C=O) groups excluding carboxylic acids is 2. The Labute approximate surface area is 105 Å². The lowest BCUT2D eigenvalue weighted by Gasteiger charge is -2.14. The fraction of sp³-hybridized carbons (Fsp3) is 0.700. The summed E-state index contributed by atoms with van der Waals surface area (Å²) in [4.78, 5) is 32.6. The van der Waals surface area contributed by atoms with E-state index in [0.717, 1.165) is 0 Å². The van der Waals surface area contributed by atoms with Gasteiger partial charge in [0.25, 0.3) is 0 Å². The Hall–Kier alpha value is -1.83. The van der Waals surface area contributed by atoms with Gasteiger partial charge in [-0.25, -0.2) is 9.59 Å². The lowest BCUT2D eigenvalue weighted by Crippen LogP contribution is -2.46. The average Bonchev–Trinajstić information content (AvgIpc) is 2.27. The Bertz CT molecular complexity index is 295. The fourth-order valence-electron chi connectivity index (χ4n) is 1.20. The summed E-state index contributed by atoms with van der Waals surface area (Å²) >= 11 is 0. The van der Waals surface area contributed by atoms with Crippen LogP contribution in [-0.4, -0.2) is 49.3 Å². The molecule has 0 aromatic rings. The molecule has 0 saturated carbocycles. The lowest BCUT2D eigenvalue weighted by atomic mass is 10.1. The first-order chi connectivity index (χ1) is 8.47. The molecule has 104 valence electrons. The Morgan fingerprint density at radius 3 is 2.56 bits per heavy atom. The quantitative estimate of drug-likeness (QED) is 0.397. The molecule has 0 rings (SSSR count). The van der Waals surface area contributed by atoms with Gasteiger partial charge in [0.05, 0.1) is 0 Å². The van der Waals surface area contributed by atoms with Crippen molar-refractivity contribution in [1.29, 1.82) is 0 Å². The zero-order chi connectivity index (χ0) is 14.0. The van der Waals surface area contributed by atoms with Crippen LogP contribution in [0.15, 0.2) is 0 Å². The van der Waals surface area contributed by atoms with Gasteiger partial charge in [0, 0.05) is 26.7 Å². The van der Waals surface area contributed by atoms with Crippen LogP contribution < -0.4 is 16.4 Å². The van der Waals surface area contributed by atoms with Gasteiger partial charge in [-0.1, -0.05) is 0 Å². The topological polar surface area (TPSA) is 131 Å². The minimum absolute atomic E-state index is 0.00876. The number of rotatable bonds is 9. The van der Waals surface area contributed by atoms with Gasteiger partial charge in [-0.05, 0) is 12.8 Å². The number of methoxy groups -OCH3 is 1. The normalized spacial score (nSPS) is 11.6. The smallest absolute Gasteiger partial charge is 0.326 e. The van der Waals surface area contributed by atoms with Gasteiger partial charge in [-0.3, -0.25) is 4.79 Å². The molecule has 0 radical (unpaired) electrons. The highest BCUT2D eigenvalue weighted by atomic mass is 16.5. The number of nitrogens with two attached hydrogens (primary N) is 1. The van der Waals surface area contributed by atoms with Gasteiger partial charge in [-0.15, -0.1) is 0 Å². The molecule has 8 nitrogen and oxygen atoms in total. The molecule has 8 heteroatoms. The van der Waals surface area contributed by atoms with Crippen molar-refractivity contribution in [2.75, 3.05) is 20.3 Å². The van der Waals surface area contributed by atoms with Crippen LogP contribution in [-0.2, 0) is 14.3 Å². The molecular formula is C10H19N3O5. The maximum absolute atomic E-state index is 11.3. The molecule has 0 spiro atoms. The van der Waals surface area contributed by atoms with Gasteiger partial charge in [-0.2, -0.15) is 0 Å². The molecule has 0 saturated heterocycles. The molecular weight excluding hydrogens is 242 g/mol. The van der Waals surface area contributed by atoms with Crippen LogP contribution in [0.4, 0.5) is 4.79 Å². The molecule has 0 heterocycles. The lowest BCUT2D eigenvalue weighted by molar-refractivity contribution is -0.139. The number of primary amides is 1. The molecule has 18 heavy (non-hydrogen) atoms. The summed E-state index contributed by atoms with van der Waals surface area (Å²) in [6.45, 7) is 0.500. The molecule has 0 aliphatic carbocycles. The number of aliphatic carboxylic acids is 1. The van der Waals surface area contributed by atoms with Crippen molar-refractivity contribution in [3.05, 3.63) is 0 Å². The third-order valence-corrected chi connectivity index (χ3v) is 2.10. The zero-order valence-corrected chi connectivity index (χ0v) is 10.3. The van der Waals surface area contributed by atoms with Crippen molar-refractivity contribution in [1.82, 2.24) is 10.6 Å². The van der Waals surface area contributed by atoms with Crippen molar-refractivity contribution in [3.8, 4) is 0 Å². The molecule has 3 amide bonds. The van der Waals surface area contributed by atoms with Crippen molar-refractivity contribution in [2.45, 2.75) is 25.3 Å². The van der Waals surface area contributed by atoms with E-state index in [4.69, 9.17) is 15.6 Å². The summed E-state index contributed by atoms with van der Waals surface area (Å²) in [5.74, 6) is -1.65. The predicted molar refractivity (Wildman–Crippen MR) is 62.9 cm³/mol. The molecule has 0 aliphatic rings. The first kappa shape index (κ1) is 16.2. The van der Waals surface area contributed by atoms with E-state index in [1.54, 1.807) is 0 Å². The van der Waals surface area contributed by atoms with Gasteiger partial charge < -0.3 is 26.2 Å². The van der Waals surface area contributed by atoms with Gasteiger partial charge in [0.2, 0.25) is 5.91 Å². The van der Waals surface area contributed by atoms with Crippen molar-refractivity contribution in [2.24, 2.45) is 5.73 Å². The van der Waals surface area contributed by atoms with Gasteiger partial charge in [0.1, 0.15) is 6.04 Å². The molecule has 0 aromatic heterocycles. The second-order valence-corrected chi connectivity index (χ2v) is 3.64. The number of nitrogens with one attached hydrogen (secondary N) is 2. The average molecular weight is 261 g/mol. The van der Waals surface area contributed by atoms with Crippen LogP contribution in [0.25, 0.3) is 0 Å². The van der Waals surface area contributed by atoms with Crippen molar-refractivity contribution >= 4 is 17.9 Å².